The third-order valence-corrected chi connectivity index (χ3v) is 8.10. The average molecular weight is 417 g/mol. The molecule has 2 heterocycles. The fraction of sp³-hybridized carbons (Fsp3) is 0.708. The van der Waals surface area contributed by atoms with Gasteiger partial charge >= 0.3 is 0 Å². The van der Waals surface area contributed by atoms with Crippen LogP contribution in [-0.2, 0) is 10.2 Å². The zero-order valence-electron chi connectivity index (χ0n) is 18.7. The topological polar surface area (TPSA) is 62.2 Å². The van der Waals surface area contributed by atoms with E-state index in [0.29, 0.717) is 18.0 Å². The number of methoxy groups -OCH3 is 2. The first kappa shape index (κ1) is 21.4. The first-order chi connectivity index (χ1) is 14.5. The second-order valence-electron chi connectivity index (χ2n) is 9.48. The van der Waals surface area contributed by atoms with E-state index in [-0.39, 0.29) is 24.0 Å². The van der Waals surface area contributed by atoms with Crippen LogP contribution in [0.4, 0.5) is 0 Å². The SMILES string of the molecule is COc1ccc(C2(C(=O)N3CC[C@@]4(CO)CCCN(C)[C@@H]4C3)CCCC2)cc1OC. The minimum absolute atomic E-state index is 0.0596. The van der Waals surface area contributed by atoms with Gasteiger partial charge in [-0.05, 0) is 63.4 Å². The zero-order chi connectivity index (χ0) is 21.4. The summed E-state index contributed by atoms with van der Waals surface area (Å²) in [5.41, 5.74) is 0.501. The van der Waals surface area contributed by atoms with Crippen LogP contribution in [-0.4, -0.2) is 74.4 Å². The van der Waals surface area contributed by atoms with Crippen molar-refractivity contribution in [2.24, 2.45) is 5.41 Å². The van der Waals surface area contributed by atoms with Crippen molar-refractivity contribution < 1.29 is 19.4 Å². The number of hydrogen-bond acceptors (Lipinski definition) is 5. The molecule has 0 spiro atoms. The number of aliphatic hydroxyl groups excluding tert-OH is 1. The number of likely N-dealkylation sites (N-methyl/N-ethyl adjacent to an activating group) is 1. The lowest BCUT2D eigenvalue weighted by Gasteiger charge is -2.54. The molecule has 1 saturated carbocycles. The highest BCUT2D eigenvalue weighted by Crippen LogP contribution is 2.47. The lowest BCUT2D eigenvalue weighted by molar-refractivity contribution is -0.145. The van der Waals surface area contributed by atoms with Crippen molar-refractivity contribution in [1.82, 2.24) is 9.80 Å². The van der Waals surface area contributed by atoms with Gasteiger partial charge in [-0.15, -0.1) is 0 Å². The smallest absolute Gasteiger partial charge is 0.233 e. The minimum Gasteiger partial charge on any atom is -0.493 e. The standard InChI is InChI=1S/C24H36N2O4/c1-25-13-6-9-23(17-27)12-14-26(16-21(23)25)22(28)24(10-4-5-11-24)18-7-8-19(29-2)20(15-18)30-3/h7-8,15,21,27H,4-6,9-14,16-17H2,1-3H3/t21-,23-/m1/s1. The van der Waals surface area contributed by atoms with Crippen LogP contribution in [0.5, 0.6) is 11.5 Å². The van der Waals surface area contributed by atoms with Crippen LogP contribution in [0.2, 0.25) is 0 Å². The molecule has 0 bridgehead atoms. The number of ether oxygens (including phenoxy) is 2. The normalized spacial score (nSPS) is 28.8. The first-order valence-corrected chi connectivity index (χ1v) is 11.3. The van der Waals surface area contributed by atoms with E-state index in [4.69, 9.17) is 9.47 Å². The van der Waals surface area contributed by atoms with Crippen molar-refractivity contribution in [2.75, 3.05) is 47.5 Å². The summed E-state index contributed by atoms with van der Waals surface area (Å²) in [6.07, 6.45) is 6.95. The van der Waals surface area contributed by atoms with Gasteiger partial charge in [0.25, 0.3) is 0 Å². The monoisotopic (exact) mass is 416 g/mol. The predicted molar refractivity (Wildman–Crippen MR) is 116 cm³/mol. The molecule has 3 aliphatic rings. The molecular weight excluding hydrogens is 380 g/mol. The highest BCUT2D eigenvalue weighted by atomic mass is 16.5. The van der Waals surface area contributed by atoms with Crippen LogP contribution >= 0.6 is 0 Å². The average Bonchev–Trinajstić information content (AvgIpc) is 3.29. The number of carbonyl (C=O) groups excluding carboxylic acids is 1. The number of amides is 1. The Kier molecular flexibility index (Phi) is 5.99. The van der Waals surface area contributed by atoms with Crippen molar-refractivity contribution in [3.8, 4) is 11.5 Å². The number of benzene rings is 1. The zero-order valence-corrected chi connectivity index (χ0v) is 18.7. The Balaban J connectivity index is 1.63. The molecule has 1 aromatic carbocycles. The molecule has 1 amide bonds. The van der Waals surface area contributed by atoms with Gasteiger partial charge in [0, 0.05) is 24.5 Å². The lowest BCUT2D eigenvalue weighted by atomic mass is 9.68. The first-order valence-electron chi connectivity index (χ1n) is 11.3. The molecule has 6 nitrogen and oxygen atoms in total. The van der Waals surface area contributed by atoms with Gasteiger partial charge in [-0.25, -0.2) is 0 Å². The quantitative estimate of drug-likeness (QED) is 0.800. The molecule has 2 atom stereocenters. The fourth-order valence-electron chi connectivity index (χ4n) is 6.24. The van der Waals surface area contributed by atoms with E-state index >= 15 is 0 Å². The molecule has 1 aromatic rings. The van der Waals surface area contributed by atoms with Gasteiger partial charge in [0.05, 0.1) is 26.2 Å². The van der Waals surface area contributed by atoms with Gasteiger partial charge in [0.1, 0.15) is 0 Å². The number of aliphatic hydroxyl groups is 1. The molecule has 0 radical (unpaired) electrons. The van der Waals surface area contributed by atoms with Crippen molar-refractivity contribution in [3.63, 3.8) is 0 Å². The molecule has 3 fully saturated rings. The van der Waals surface area contributed by atoms with E-state index in [1.165, 1.54) is 0 Å². The third kappa shape index (κ3) is 3.38. The van der Waals surface area contributed by atoms with E-state index in [2.05, 4.69) is 16.8 Å². The summed E-state index contributed by atoms with van der Waals surface area (Å²) in [7, 11) is 5.42. The van der Waals surface area contributed by atoms with Crippen LogP contribution in [0.3, 0.4) is 0 Å². The number of hydrogen-bond donors (Lipinski definition) is 1. The van der Waals surface area contributed by atoms with E-state index in [0.717, 1.165) is 63.6 Å². The Morgan fingerprint density at radius 2 is 1.80 bits per heavy atom. The summed E-state index contributed by atoms with van der Waals surface area (Å²) >= 11 is 0. The Labute approximate surface area is 180 Å². The van der Waals surface area contributed by atoms with Crippen LogP contribution in [0.25, 0.3) is 0 Å². The predicted octanol–water partition coefficient (Wildman–Crippen LogP) is 2.82. The van der Waals surface area contributed by atoms with Gasteiger partial charge in [-0.2, -0.15) is 0 Å². The molecular formula is C24H36N2O4. The molecule has 30 heavy (non-hydrogen) atoms. The number of likely N-dealkylation sites (tertiary alicyclic amines) is 2. The van der Waals surface area contributed by atoms with Gasteiger partial charge in [0.2, 0.25) is 5.91 Å². The van der Waals surface area contributed by atoms with E-state index < -0.39 is 5.41 Å². The number of nitrogens with zero attached hydrogens (tertiary/aromatic N) is 2. The summed E-state index contributed by atoms with van der Waals surface area (Å²) in [5.74, 6) is 1.62. The third-order valence-electron chi connectivity index (χ3n) is 8.10. The molecule has 1 N–H and O–H groups in total. The maximum Gasteiger partial charge on any atom is 0.233 e. The van der Waals surface area contributed by atoms with Crippen molar-refractivity contribution >= 4 is 5.91 Å². The van der Waals surface area contributed by atoms with E-state index in [9.17, 15) is 9.90 Å². The Morgan fingerprint density at radius 1 is 1.07 bits per heavy atom. The van der Waals surface area contributed by atoms with Crippen LogP contribution in [0.15, 0.2) is 18.2 Å². The summed E-state index contributed by atoms with van der Waals surface area (Å²) in [5, 5.41) is 10.2. The lowest BCUT2D eigenvalue weighted by Crippen LogP contribution is -2.63. The molecule has 0 unspecified atom stereocenters. The Bertz CT molecular complexity index is 776. The second-order valence-corrected chi connectivity index (χ2v) is 9.48. The summed E-state index contributed by atoms with van der Waals surface area (Å²) in [6.45, 7) is 2.70. The number of carbonyl (C=O) groups is 1. The maximum atomic E-state index is 14.0. The highest BCUT2D eigenvalue weighted by molar-refractivity contribution is 5.89. The van der Waals surface area contributed by atoms with Crippen molar-refractivity contribution in [2.45, 2.75) is 56.4 Å². The molecule has 4 rings (SSSR count). The van der Waals surface area contributed by atoms with Gasteiger partial charge in [0.15, 0.2) is 11.5 Å². The fourth-order valence-corrected chi connectivity index (χ4v) is 6.24. The second kappa shape index (κ2) is 8.39. The van der Waals surface area contributed by atoms with Gasteiger partial charge in [-0.3, -0.25) is 4.79 Å². The van der Waals surface area contributed by atoms with Crippen LogP contribution < -0.4 is 9.47 Å². The number of rotatable bonds is 5. The largest absolute Gasteiger partial charge is 0.493 e. The molecule has 0 aromatic heterocycles. The maximum absolute atomic E-state index is 14.0. The molecule has 2 aliphatic heterocycles. The molecule has 2 saturated heterocycles. The molecule has 1 aliphatic carbocycles. The van der Waals surface area contributed by atoms with Crippen molar-refractivity contribution in [3.05, 3.63) is 23.8 Å². The molecule has 6 heteroatoms. The summed E-state index contributed by atoms with van der Waals surface area (Å²) < 4.78 is 10.9. The van der Waals surface area contributed by atoms with Gasteiger partial charge < -0.3 is 24.4 Å². The van der Waals surface area contributed by atoms with Crippen LogP contribution in [0.1, 0.15) is 50.5 Å². The number of piperidine rings is 2. The highest BCUT2D eigenvalue weighted by Gasteiger charge is 2.51. The van der Waals surface area contributed by atoms with E-state index in [1.54, 1.807) is 14.2 Å². The Morgan fingerprint density at radius 3 is 2.47 bits per heavy atom. The summed E-state index contributed by atoms with van der Waals surface area (Å²) in [6, 6.07) is 6.19. The minimum atomic E-state index is -0.480. The van der Waals surface area contributed by atoms with Gasteiger partial charge in [-0.1, -0.05) is 18.9 Å². The van der Waals surface area contributed by atoms with E-state index in [1.807, 2.05) is 18.2 Å². The summed E-state index contributed by atoms with van der Waals surface area (Å²) in [4.78, 5) is 18.5. The van der Waals surface area contributed by atoms with Crippen LogP contribution in [0, 0.1) is 5.41 Å². The molecule has 166 valence electrons. The van der Waals surface area contributed by atoms with Crippen molar-refractivity contribution in [1.29, 1.82) is 0 Å². The Hall–Kier alpha value is -1.79. The number of fused-ring (bicyclic) bond motifs is 1.